The van der Waals surface area contributed by atoms with Gasteiger partial charge in [0.05, 0.1) is 5.69 Å². The summed E-state index contributed by atoms with van der Waals surface area (Å²) in [6.45, 7) is 9.24. The van der Waals surface area contributed by atoms with Gasteiger partial charge in [0, 0.05) is 5.69 Å². The fourth-order valence-electron chi connectivity index (χ4n) is 1.89. The Morgan fingerprint density at radius 1 is 1.06 bits per heavy atom. The van der Waals surface area contributed by atoms with Crippen LogP contribution in [-0.2, 0) is 0 Å². The number of aryl methyl sites for hydroxylation is 1. The van der Waals surface area contributed by atoms with Gasteiger partial charge < -0.3 is 5.32 Å². The minimum Gasteiger partial charge on any atom is -0.362 e. The molecule has 0 saturated heterocycles. The first-order valence-corrected chi connectivity index (χ1v) is 5.80. The second-order valence-electron chi connectivity index (χ2n) is 4.09. The van der Waals surface area contributed by atoms with Gasteiger partial charge in [0.15, 0.2) is 0 Å². The van der Waals surface area contributed by atoms with Gasteiger partial charge in [-0.15, -0.1) is 0 Å². The van der Waals surface area contributed by atoms with E-state index in [1.807, 2.05) is 25.1 Å². The molecule has 0 unspecified atom stereocenters. The van der Waals surface area contributed by atoms with Crippen LogP contribution in [0.15, 0.2) is 60.2 Å². The maximum absolute atomic E-state index is 3.97. The lowest BCUT2D eigenvalue weighted by Crippen LogP contribution is -1.86. The summed E-state index contributed by atoms with van der Waals surface area (Å²) in [7, 11) is 0. The second kappa shape index (κ2) is 5.32. The number of hydrogen-bond donors (Lipinski definition) is 1. The number of rotatable bonds is 4. The van der Waals surface area contributed by atoms with Gasteiger partial charge in [0.25, 0.3) is 0 Å². The molecular weight excluding hydrogens is 220 g/mol. The average molecular weight is 236 g/mol. The number of aliphatic imine (C=N–C) groups is 1. The molecule has 0 fully saturated rings. The van der Waals surface area contributed by atoms with Crippen LogP contribution in [0.1, 0.15) is 5.56 Å². The van der Waals surface area contributed by atoms with E-state index in [-0.39, 0.29) is 0 Å². The normalized spacial score (nSPS) is 9.83. The lowest BCUT2D eigenvalue weighted by Gasteiger charge is -2.06. The fraction of sp³-hybridized carbons (Fsp3) is 0.0625. The molecule has 0 heterocycles. The van der Waals surface area contributed by atoms with E-state index in [9.17, 15) is 0 Å². The Balaban J connectivity index is 2.33. The van der Waals surface area contributed by atoms with Crippen molar-refractivity contribution in [2.75, 3.05) is 5.32 Å². The molecule has 0 saturated carbocycles. The summed E-state index contributed by atoms with van der Waals surface area (Å²) >= 11 is 0. The van der Waals surface area contributed by atoms with Crippen LogP contribution in [0.4, 0.5) is 11.4 Å². The van der Waals surface area contributed by atoms with E-state index in [2.05, 4.69) is 47.9 Å². The molecule has 0 aromatic heterocycles. The van der Waals surface area contributed by atoms with Gasteiger partial charge in [0.1, 0.15) is 0 Å². The zero-order valence-corrected chi connectivity index (χ0v) is 10.5. The summed E-state index contributed by atoms with van der Waals surface area (Å²) in [5.41, 5.74) is 5.47. The van der Waals surface area contributed by atoms with E-state index < -0.39 is 0 Å². The van der Waals surface area contributed by atoms with Crippen LogP contribution in [0, 0.1) is 6.92 Å². The molecule has 2 rings (SSSR count). The Kier molecular flexibility index (Phi) is 3.58. The van der Waals surface area contributed by atoms with Gasteiger partial charge in [-0.1, -0.05) is 24.8 Å². The molecule has 2 aromatic carbocycles. The smallest absolute Gasteiger partial charge is 0.0651 e. The maximum Gasteiger partial charge on any atom is 0.0651 e. The van der Waals surface area contributed by atoms with Gasteiger partial charge in [0.2, 0.25) is 0 Å². The zero-order valence-electron chi connectivity index (χ0n) is 10.5. The Morgan fingerprint density at radius 3 is 2.28 bits per heavy atom. The molecule has 2 nitrogen and oxygen atoms in total. The molecule has 2 heteroatoms. The van der Waals surface area contributed by atoms with Gasteiger partial charge in [-0.3, -0.25) is 4.99 Å². The Bertz CT molecular complexity index is 568. The third-order valence-corrected chi connectivity index (χ3v) is 2.85. The van der Waals surface area contributed by atoms with Gasteiger partial charge in [-0.05, 0) is 60.8 Å². The molecule has 0 aliphatic heterocycles. The molecule has 18 heavy (non-hydrogen) atoms. The first-order chi connectivity index (χ1) is 8.74. The third kappa shape index (κ3) is 2.48. The van der Waals surface area contributed by atoms with Crippen LogP contribution in [-0.4, -0.2) is 6.72 Å². The van der Waals surface area contributed by atoms with Crippen LogP contribution >= 0.6 is 0 Å². The van der Waals surface area contributed by atoms with E-state index in [1.54, 1.807) is 6.20 Å². The summed E-state index contributed by atoms with van der Waals surface area (Å²) in [6.07, 6.45) is 1.67. The van der Waals surface area contributed by atoms with Crippen molar-refractivity contribution in [1.82, 2.24) is 0 Å². The van der Waals surface area contributed by atoms with E-state index in [4.69, 9.17) is 0 Å². The van der Waals surface area contributed by atoms with Crippen molar-refractivity contribution < 1.29 is 0 Å². The number of nitrogens with zero attached hydrogens (tertiary/aromatic N) is 1. The Hall–Kier alpha value is -2.35. The number of benzene rings is 2. The van der Waals surface area contributed by atoms with E-state index in [1.165, 1.54) is 11.1 Å². The predicted octanol–water partition coefficient (Wildman–Crippen LogP) is 4.55. The standard InChI is InChI=1S/C16H16N2/c1-4-18-15-8-5-13(6-9-15)14-7-10-16(17-3)12(2)11-14/h4-11,18H,1,3H2,2H3. The van der Waals surface area contributed by atoms with Crippen molar-refractivity contribution in [3.05, 3.63) is 60.8 Å². The Labute approximate surface area is 108 Å². The topological polar surface area (TPSA) is 24.4 Å². The van der Waals surface area contributed by atoms with Crippen LogP contribution in [0.2, 0.25) is 0 Å². The van der Waals surface area contributed by atoms with Crippen molar-refractivity contribution in [1.29, 1.82) is 0 Å². The molecule has 0 amide bonds. The monoisotopic (exact) mass is 236 g/mol. The van der Waals surface area contributed by atoms with Crippen molar-refractivity contribution in [2.24, 2.45) is 4.99 Å². The van der Waals surface area contributed by atoms with E-state index in [0.29, 0.717) is 0 Å². The zero-order chi connectivity index (χ0) is 13.0. The van der Waals surface area contributed by atoms with E-state index >= 15 is 0 Å². The molecular formula is C16H16N2. The first-order valence-electron chi connectivity index (χ1n) is 5.80. The Morgan fingerprint density at radius 2 is 1.72 bits per heavy atom. The van der Waals surface area contributed by atoms with Gasteiger partial charge in [-0.25, -0.2) is 0 Å². The first kappa shape index (κ1) is 12.1. The van der Waals surface area contributed by atoms with Crippen LogP contribution < -0.4 is 5.32 Å². The number of hydrogen-bond acceptors (Lipinski definition) is 2. The van der Waals surface area contributed by atoms with Crippen molar-refractivity contribution in [3.8, 4) is 11.1 Å². The number of anilines is 1. The van der Waals surface area contributed by atoms with Crippen molar-refractivity contribution >= 4 is 18.1 Å². The van der Waals surface area contributed by atoms with Crippen molar-refractivity contribution in [2.45, 2.75) is 6.92 Å². The summed E-state index contributed by atoms with van der Waals surface area (Å²) in [6, 6.07) is 14.4. The molecule has 0 aliphatic rings. The highest BCUT2D eigenvalue weighted by Gasteiger charge is 2.01. The minimum absolute atomic E-state index is 0.934. The fourth-order valence-corrected chi connectivity index (χ4v) is 1.89. The molecule has 1 N–H and O–H groups in total. The van der Waals surface area contributed by atoms with Crippen LogP contribution in [0.25, 0.3) is 11.1 Å². The molecule has 0 spiro atoms. The summed E-state index contributed by atoms with van der Waals surface area (Å²) in [4.78, 5) is 3.97. The quantitative estimate of drug-likeness (QED) is 0.774. The average Bonchev–Trinajstić information content (AvgIpc) is 2.40. The lowest BCUT2D eigenvalue weighted by atomic mass is 10.0. The maximum atomic E-state index is 3.97. The second-order valence-corrected chi connectivity index (χ2v) is 4.09. The third-order valence-electron chi connectivity index (χ3n) is 2.85. The molecule has 2 aromatic rings. The molecule has 0 atom stereocenters. The van der Waals surface area contributed by atoms with Crippen LogP contribution in [0.5, 0.6) is 0 Å². The molecule has 0 radical (unpaired) electrons. The summed E-state index contributed by atoms with van der Waals surface area (Å²) < 4.78 is 0. The van der Waals surface area contributed by atoms with Gasteiger partial charge in [-0.2, -0.15) is 0 Å². The van der Waals surface area contributed by atoms with Crippen LogP contribution in [0.3, 0.4) is 0 Å². The largest absolute Gasteiger partial charge is 0.362 e. The molecule has 90 valence electrons. The SMILES string of the molecule is C=CNc1ccc(-c2ccc(N=C)c(C)c2)cc1. The summed E-state index contributed by atoms with van der Waals surface area (Å²) in [5.74, 6) is 0. The lowest BCUT2D eigenvalue weighted by molar-refractivity contribution is 1.41. The highest BCUT2D eigenvalue weighted by atomic mass is 14.8. The van der Waals surface area contributed by atoms with Crippen molar-refractivity contribution in [3.63, 3.8) is 0 Å². The number of nitrogens with one attached hydrogen (secondary N) is 1. The van der Waals surface area contributed by atoms with Gasteiger partial charge >= 0.3 is 0 Å². The van der Waals surface area contributed by atoms with E-state index in [0.717, 1.165) is 16.9 Å². The highest BCUT2D eigenvalue weighted by molar-refractivity contribution is 5.69. The summed E-state index contributed by atoms with van der Waals surface area (Å²) in [5, 5.41) is 3.06. The molecule has 0 aliphatic carbocycles. The molecule has 0 bridgehead atoms. The predicted molar refractivity (Wildman–Crippen MR) is 79.6 cm³/mol. The highest BCUT2D eigenvalue weighted by Crippen LogP contribution is 2.27. The minimum atomic E-state index is 0.934.